The van der Waals surface area contributed by atoms with Crippen LogP contribution in [0.25, 0.3) is 0 Å². The van der Waals surface area contributed by atoms with Crippen LogP contribution in [0.2, 0.25) is 10.0 Å². The second-order valence-electron chi connectivity index (χ2n) is 2.37. The minimum atomic E-state index is -1.04. The van der Waals surface area contributed by atoms with Crippen LogP contribution in [0.4, 0.5) is 5.69 Å². The number of hydrogen-bond acceptors (Lipinski definition) is 2. The molecule has 3 nitrogen and oxygen atoms in total. The number of hydrogen-bond donors (Lipinski definition) is 2. The van der Waals surface area contributed by atoms with Crippen molar-refractivity contribution in [1.82, 2.24) is 0 Å². The average molecular weight is 220 g/mol. The van der Waals surface area contributed by atoms with E-state index < -0.39 is 5.97 Å². The first-order chi connectivity index (χ1) is 6.06. The normalized spacial score (nSPS) is 9.77. The van der Waals surface area contributed by atoms with Gasteiger partial charge in [-0.25, -0.2) is 4.79 Å². The van der Waals surface area contributed by atoms with Gasteiger partial charge in [0, 0.05) is 7.05 Å². The summed E-state index contributed by atoms with van der Waals surface area (Å²) in [5, 5.41) is 12.1. The van der Waals surface area contributed by atoms with E-state index in [-0.39, 0.29) is 10.6 Å². The molecule has 1 aromatic rings. The molecule has 0 aromatic heterocycles. The highest BCUT2D eigenvalue weighted by molar-refractivity contribution is 6.42. The maximum atomic E-state index is 10.7. The lowest BCUT2D eigenvalue weighted by Crippen LogP contribution is -2.02. The van der Waals surface area contributed by atoms with Crippen LogP contribution in [0.15, 0.2) is 12.1 Å². The van der Waals surface area contributed by atoms with Gasteiger partial charge in [-0.15, -0.1) is 0 Å². The van der Waals surface area contributed by atoms with E-state index >= 15 is 0 Å². The average Bonchev–Trinajstić information content (AvgIpc) is 2.08. The third kappa shape index (κ3) is 2.05. The molecule has 0 bridgehead atoms. The molecule has 70 valence electrons. The number of carboxylic acid groups (broad SMARTS) is 1. The Hall–Kier alpha value is -0.930. The van der Waals surface area contributed by atoms with Crippen molar-refractivity contribution in [2.45, 2.75) is 0 Å². The molecule has 2 N–H and O–H groups in total. The zero-order valence-electron chi connectivity index (χ0n) is 6.77. The SMILES string of the molecule is CNc1cc(Cl)c(Cl)cc1C(=O)O. The van der Waals surface area contributed by atoms with Gasteiger partial charge < -0.3 is 10.4 Å². The smallest absolute Gasteiger partial charge is 0.337 e. The summed E-state index contributed by atoms with van der Waals surface area (Å²) in [6.07, 6.45) is 0. The highest BCUT2D eigenvalue weighted by Crippen LogP contribution is 2.28. The Morgan fingerprint density at radius 1 is 1.38 bits per heavy atom. The van der Waals surface area contributed by atoms with Crippen molar-refractivity contribution in [3.05, 3.63) is 27.7 Å². The molecule has 0 saturated heterocycles. The van der Waals surface area contributed by atoms with E-state index in [0.717, 1.165) is 0 Å². The number of rotatable bonds is 2. The lowest BCUT2D eigenvalue weighted by Gasteiger charge is -2.06. The van der Waals surface area contributed by atoms with Gasteiger partial charge in [0.2, 0.25) is 0 Å². The number of anilines is 1. The predicted molar refractivity (Wildman–Crippen MR) is 53.0 cm³/mol. The fraction of sp³-hybridized carbons (Fsp3) is 0.125. The summed E-state index contributed by atoms with van der Waals surface area (Å²) in [4.78, 5) is 10.7. The summed E-state index contributed by atoms with van der Waals surface area (Å²) in [5.74, 6) is -1.04. The number of carbonyl (C=O) groups is 1. The summed E-state index contributed by atoms with van der Waals surface area (Å²) < 4.78 is 0. The van der Waals surface area contributed by atoms with Gasteiger partial charge in [0.05, 0.1) is 21.3 Å². The van der Waals surface area contributed by atoms with Crippen LogP contribution in [-0.4, -0.2) is 18.1 Å². The quantitative estimate of drug-likeness (QED) is 0.805. The second kappa shape index (κ2) is 3.85. The van der Waals surface area contributed by atoms with E-state index in [2.05, 4.69) is 5.32 Å². The lowest BCUT2D eigenvalue weighted by molar-refractivity contribution is 0.0698. The molecule has 0 atom stereocenters. The van der Waals surface area contributed by atoms with Crippen molar-refractivity contribution >= 4 is 34.9 Å². The molecule has 0 unspecified atom stereocenters. The summed E-state index contributed by atoms with van der Waals surface area (Å²) in [5.41, 5.74) is 0.554. The van der Waals surface area contributed by atoms with Gasteiger partial charge in [0.1, 0.15) is 0 Å². The molecule has 0 aliphatic rings. The molecular weight excluding hydrogens is 213 g/mol. The Balaban J connectivity index is 3.33. The molecule has 13 heavy (non-hydrogen) atoms. The van der Waals surface area contributed by atoms with Crippen molar-refractivity contribution in [2.24, 2.45) is 0 Å². The molecule has 0 saturated carbocycles. The fourth-order valence-corrected chi connectivity index (χ4v) is 1.26. The molecule has 5 heteroatoms. The third-order valence-electron chi connectivity index (χ3n) is 1.56. The molecule has 0 fully saturated rings. The minimum absolute atomic E-state index is 0.108. The van der Waals surface area contributed by atoms with E-state index in [4.69, 9.17) is 28.3 Å². The van der Waals surface area contributed by atoms with Crippen LogP contribution in [0.3, 0.4) is 0 Å². The zero-order chi connectivity index (χ0) is 10.0. The Labute approximate surface area is 85.3 Å². The van der Waals surface area contributed by atoms with E-state index in [9.17, 15) is 4.79 Å². The molecule has 0 amide bonds. The van der Waals surface area contributed by atoms with Gasteiger partial charge in [-0.1, -0.05) is 23.2 Å². The van der Waals surface area contributed by atoms with Crippen molar-refractivity contribution in [1.29, 1.82) is 0 Å². The molecule has 0 radical (unpaired) electrons. The van der Waals surface area contributed by atoms with Crippen LogP contribution in [0.1, 0.15) is 10.4 Å². The summed E-state index contributed by atoms with van der Waals surface area (Å²) in [6.45, 7) is 0. The number of benzene rings is 1. The van der Waals surface area contributed by atoms with E-state index in [0.29, 0.717) is 10.7 Å². The van der Waals surface area contributed by atoms with Crippen molar-refractivity contribution in [2.75, 3.05) is 12.4 Å². The van der Waals surface area contributed by atoms with E-state index in [1.54, 1.807) is 7.05 Å². The molecule has 0 spiro atoms. The summed E-state index contributed by atoms with van der Waals surface area (Å²) in [7, 11) is 1.62. The van der Waals surface area contributed by atoms with Crippen LogP contribution >= 0.6 is 23.2 Å². The number of nitrogens with one attached hydrogen (secondary N) is 1. The maximum Gasteiger partial charge on any atom is 0.337 e. The highest BCUT2D eigenvalue weighted by Gasteiger charge is 2.11. The zero-order valence-corrected chi connectivity index (χ0v) is 8.28. The molecule has 0 aliphatic heterocycles. The Kier molecular flexibility index (Phi) is 3.01. The Morgan fingerprint density at radius 2 is 1.92 bits per heavy atom. The molecular formula is C8H7Cl2NO2. The highest BCUT2D eigenvalue weighted by atomic mass is 35.5. The van der Waals surface area contributed by atoms with Gasteiger partial charge in [0.25, 0.3) is 0 Å². The second-order valence-corrected chi connectivity index (χ2v) is 3.18. The van der Waals surface area contributed by atoms with E-state index in [1.165, 1.54) is 12.1 Å². The molecule has 1 rings (SSSR count). The van der Waals surface area contributed by atoms with Gasteiger partial charge >= 0.3 is 5.97 Å². The largest absolute Gasteiger partial charge is 0.478 e. The van der Waals surface area contributed by atoms with Gasteiger partial charge in [-0.05, 0) is 12.1 Å². The first kappa shape index (κ1) is 10.2. The molecule has 0 aliphatic carbocycles. The van der Waals surface area contributed by atoms with Gasteiger partial charge in [-0.2, -0.15) is 0 Å². The number of aromatic carboxylic acids is 1. The van der Waals surface area contributed by atoms with E-state index in [1.807, 2.05) is 0 Å². The monoisotopic (exact) mass is 219 g/mol. The van der Waals surface area contributed by atoms with Crippen molar-refractivity contribution in [3.63, 3.8) is 0 Å². The molecule has 0 heterocycles. The van der Waals surface area contributed by atoms with Crippen LogP contribution in [-0.2, 0) is 0 Å². The molecule has 1 aromatic carbocycles. The Morgan fingerprint density at radius 3 is 2.38 bits per heavy atom. The number of carboxylic acids is 1. The predicted octanol–water partition coefficient (Wildman–Crippen LogP) is 2.73. The van der Waals surface area contributed by atoms with Crippen molar-refractivity contribution < 1.29 is 9.90 Å². The topological polar surface area (TPSA) is 49.3 Å². The lowest BCUT2D eigenvalue weighted by atomic mass is 10.2. The van der Waals surface area contributed by atoms with Crippen LogP contribution in [0, 0.1) is 0 Å². The first-order valence-corrected chi connectivity index (χ1v) is 4.22. The van der Waals surface area contributed by atoms with Crippen LogP contribution < -0.4 is 5.32 Å². The summed E-state index contributed by atoms with van der Waals surface area (Å²) >= 11 is 11.4. The first-order valence-electron chi connectivity index (χ1n) is 3.46. The van der Waals surface area contributed by atoms with Crippen LogP contribution in [0.5, 0.6) is 0 Å². The number of halogens is 2. The summed E-state index contributed by atoms with van der Waals surface area (Å²) in [6, 6.07) is 2.80. The minimum Gasteiger partial charge on any atom is -0.478 e. The third-order valence-corrected chi connectivity index (χ3v) is 2.28. The fourth-order valence-electron chi connectivity index (χ4n) is 0.931. The maximum absolute atomic E-state index is 10.7. The van der Waals surface area contributed by atoms with Gasteiger partial charge in [-0.3, -0.25) is 0 Å². The standard InChI is InChI=1S/C8H7Cl2NO2/c1-11-7-3-6(10)5(9)2-4(7)8(12)13/h2-3,11H,1H3,(H,12,13). The van der Waals surface area contributed by atoms with Crippen molar-refractivity contribution in [3.8, 4) is 0 Å². The Bertz CT molecular complexity index is 352. The van der Waals surface area contributed by atoms with Gasteiger partial charge in [0.15, 0.2) is 0 Å².